The molecule has 4 aromatic rings. The van der Waals surface area contributed by atoms with Crippen molar-refractivity contribution >= 4 is 33.3 Å². The Labute approximate surface area is 185 Å². The van der Waals surface area contributed by atoms with Gasteiger partial charge in [-0.3, -0.25) is 4.79 Å². The van der Waals surface area contributed by atoms with Gasteiger partial charge in [-0.05, 0) is 36.4 Å². The third-order valence-corrected chi connectivity index (χ3v) is 6.84. The number of fused-ring (bicyclic) bond motifs is 1. The molecule has 1 aromatic carbocycles. The van der Waals surface area contributed by atoms with Crippen molar-refractivity contribution in [1.82, 2.24) is 19.4 Å². The van der Waals surface area contributed by atoms with Crippen molar-refractivity contribution in [3.05, 3.63) is 65.1 Å². The van der Waals surface area contributed by atoms with Gasteiger partial charge in [0.15, 0.2) is 0 Å². The van der Waals surface area contributed by atoms with Crippen LogP contribution in [-0.2, 0) is 7.05 Å². The fourth-order valence-electron chi connectivity index (χ4n) is 4.43. The first kappa shape index (κ1) is 19.8. The highest BCUT2D eigenvalue weighted by Crippen LogP contribution is 2.31. The average Bonchev–Trinajstić information content (AvgIpc) is 3.37. The van der Waals surface area contributed by atoms with E-state index >= 15 is 0 Å². The lowest BCUT2D eigenvalue weighted by atomic mass is 10.0. The Morgan fingerprint density at radius 3 is 2.48 bits per heavy atom. The number of thiophene rings is 1. The zero-order valence-electron chi connectivity index (χ0n) is 18.0. The standard InChI is InChI=1S/C24H25N5OS/c1-16-4-6-18(7-5-16)20-17(2)14-27(3)21(20)24(30)29-11-9-28(10-12-29)22-19-8-13-31-23(19)26-15-25-22/h4-8,13-15H,9-12H2,1-3H3. The van der Waals surface area contributed by atoms with Crippen LogP contribution in [0.25, 0.3) is 21.3 Å². The Hall–Kier alpha value is -3.19. The predicted octanol–water partition coefficient (Wildman–Crippen LogP) is 4.28. The first-order chi connectivity index (χ1) is 15.0. The number of hydrogen-bond donors (Lipinski definition) is 0. The number of aryl methyl sites for hydroxylation is 3. The van der Waals surface area contributed by atoms with Crippen LogP contribution in [0.2, 0.25) is 0 Å². The Bertz CT molecular complexity index is 1250. The number of rotatable bonds is 3. The maximum atomic E-state index is 13.6. The van der Waals surface area contributed by atoms with Gasteiger partial charge in [0, 0.05) is 45.0 Å². The van der Waals surface area contributed by atoms with Gasteiger partial charge in [-0.2, -0.15) is 0 Å². The SMILES string of the molecule is Cc1ccc(-c2c(C)cn(C)c2C(=O)N2CCN(c3ncnc4sccc34)CC2)cc1. The molecule has 0 bridgehead atoms. The summed E-state index contributed by atoms with van der Waals surface area (Å²) in [7, 11) is 1.96. The monoisotopic (exact) mass is 431 g/mol. The molecule has 31 heavy (non-hydrogen) atoms. The number of benzene rings is 1. The summed E-state index contributed by atoms with van der Waals surface area (Å²) in [6, 6.07) is 10.5. The van der Waals surface area contributed by atoms with Crippen molar-refractivity contribution in [1.29, 1.82) is 0 Å². The Morgan fingerprint density at radius 2 is 1.74 bits per heavy atom. The maximum Gasteiger partial charge on any atom is 0.271 e. The van der Waals surface area contributed by atoms with Gasteiger partial charge in [0.25, 0.3) is 5.91 Å². The number of nitrogens with zero attached hydrogens (tertiary/aromatic N) is 5. The third-order valence-electron chi connectivity index (χ3n) is 6.02. The first-order valence-electron chi connectivity index (χ1n) is 10.5. The largest absolute Gasteiger partial charge is 0.352 e. The lowest BCUT2D eigenvalue weighted by Crippen LogP contribution is -2.49. The van der Waals surface area contributed by atoms with Gasteiger partial charge in [-0.25, -0.2) is 9.97 Å². The molecule has 0 N–H and O–H groups in total. The molecule has 158 valence electrons. The summed E-state index contributed by atoms with van der Waals surface area (Å²) in [5.74, 6) is 1.06. The molecule has 1 fully saturated rings. The van der Waals surface area contributed by atoms with Crippen LogP contribution in [0.3, 0.4) is 0 Å². The van der Waals surface area contributed by atoms with Crippen molar-refractivity contribution in [3.8, 4) is 11.1 Å². The van der Waals surface area contributed by atoms with Crippen LogP contribution in [0.15, 0.2) is 48.2 Å². The number of carbonyl (C=O) groups is 1. The number of hydrogen-bond acceptors (Lipinski definition) is 5. The quantitative estimate of drug-likeness (QED) is 0.486. The highest BCUT2D eigenvalue weighted by molar-refractivity contribution is 7.16. The van der Waals surface area contributed by atoms with Crippen molar-refractivity contribution < 1.29 is 4.79 Å². The Kier molecular flexibility index (Phi) is 4.98. The van der Waals surface area contributed by atoms with E-state index in [0.717, 1.165) is 51.5 Å². The number of carbonyl (C=O) groups excluding carboxylic acids is 1. The van der Waals surface area contributed by atoms with E-state index in [9.17, 15) is 4.79 Å². The minimum Gasteiger partial charge on any atom is -0.352 e. The zero-order chi connectivity index (χ0) is 21.5. The molecule has 0 spiro atoms. The second kappa shape index (κ2) is 7.81. The third kappa shape index (κ3) is 3.49. The molecule has 1 aliphatic rings. The second-order valence-corrected chi connectivity index (χ2v) is 9.02. The fraction of sp³-hybridized carbons (Fsp3) is 0.292. The van der Waals surface area contributed by atoms with E-state index in [-0.39, 0.29) is 5.91 Å². The molecule has 0 atom stereocenters. The van der Waals surface area contributed by atoms with Gasteiger partial charge in [-0.1, -0.05) is 29.8 Å². The molecule has 3 aromatic heterocycles. The summed E-state index contributed by atoms with van der Waals surface area (Å²) < 4.78 is 1.97. The van der Waals surface area contributed by atoms with Crippen LogP contribution >= 0.6 is 11.3 Å². The van der Waals surface area contributed by atoms with Crippen molar-refractivity contribution in [3.63, 3.8) is 0 Å². The summed E-state index contributed by atoms with van der Waals surface area (Å²) in [5.41, 5.74) is 5.22. The van der Waals surface area contributed by atoms with Crippen LogP contribution < -0.4 is 4.90 Å². The summed E-state index contributed by atoms with van der Waals surface area (Å²) in [5, 5.41) is 3.14. The summed E-state index contributed by atoms with van der Waals surface area (Å²) in [6.07, 6.45) is 3.68. The Morgan fingerprint density at radius 1 is 1.00 bits per heavy atom. The molecule has 1 aliphatic heterocycles. The Balaban J connectivity index is 1.39. The number of anilines is 1. The van der Waals surface area contributed by atoms with Gasteiger partial charge < -0.3 is 14.4 Å². The van der Waals surface area contributed by atoms with Crippen LogP contribution in [0, 0.1) is 13.8 Å². The topological polar surface area (TPSA) is 54.3 Å². The van der Waals surface area contributed by atoms with Gasteiger partial charge in [0.05, 0.1) is 5.39 Å². The normalized spacial score (nSPS) is 14.4. The van der Waals surface area contributed by atoms with Crippen LogP contribution in [0.1, 0.15) is 21.6 Å². The molecule has 0 unspecified atom stereocenters. The summed E-state index contributed by atoms with van der Waals surface area (Å²) in [6.45, 7) is 7.02. The van der Waals surface area contributed by atoms with E-state index in [2.05, 4.69) is 59.0 Å². The van der Waals surface area contributed by atoms with E-state index in [1.807, 2.05) is 28.1 Å². The van der Waals surface area contributed by atoms with E-state index in [0.29, 0.717) is 13.1 Å². The van der Waals surface area contributed by atoms with Crippen LogP contribution in [0.5, 0.6) is 0 Å². The molecule has 0 saturated carbocycles. The lowest BCUT2D eigenvalue weighted by molar-refractivity contribution is 0.0738. The van der Waals surface area contributed by atoms with Gasteiger partial charge in [0.2, 0.25) is 0 Å². The number of amides is 1. The van der Waals surface area contributed by atoms with Gasteiger partial charge in [-0.15, -0.1) is 11.3 Å². The molecule has 6 nitrogen and oxygen atoms in total. The second-order valence-electron chi connectivity index (χ2n) is 8.13. The maximum absolute atomic E-state index is 13.6. The lowest BCUT2D eigenvalue weighted by Gasteiger charge is -2.35. The first-order valence-corrected chi connectivity index (χ1v) is 11.4. The van der Waals surface area contributed by atoms with Gasteiger partial charge in [0.1, 0.15) is 22.7 Å². The minimum atomic E-state index is 0.0918. The molecular weight excluding hydrogens is 406 g/mol. The number of piperazine rings is 1. The molecular formula is C24H25N5OS. The van der Waals surface area contributed by atoms with E-state index in [1.165, 1.54) is 5.56 Å². The van der Waals surface area contributed by atoms with Crippen molar-refractivity contribution in [2.75, 3.05) is 31.1 Å². The average molecular weight is 432 g/mol. The van der Waals surface area contributed by atoms with Crippen LogP contribution in [0.4, 0.5) is 5.82 Å². The molecule has 5 rings (SSSR count). The summed E-state index contributed by atoms with van der Waals surface area (Å²) in [4.78, 5) is 27.7. The van der Waals surface area contributed by atoms with Crippen molar-refractivity contribution in [2.45, 2.75) is 13.8 Å². The molecule has 7 heteroatoms. The molecule has 4 heterocycles. The highest BCUT2D eigenvalue weighted by Gasteiger charge is 2.28. The number of aromatic nitrogens is 3. The molecule has 0 radical (unpaired) electrons. The zero-order valence-corrected chi connectivity index (χ0v) is 18.8. The molecule has 1 amide bonds. The van der Waals surface area contributed by atoms with E-state index in [4.69, 9.17) is 0 Å². The van der Waals surface area contributed by atoms with Crippen LogP contribution in [-0.4, -0.2) is 51.5 Å². The molecule has 0 aliphatic carbocycles. The van der Waals surface area contributed by atoms with E-state index < -0.39 is 0 Å². The predicted molar refractivity (Wildman–Crippen MR) is 126 cm³/mol. The van der Waals surface area contributed by atoms with Gasteiger partial charge >= 0.3 is 0 Å². The summed E-state index contributed by atoms with van der Waals surface area (Å²) >= 11 is 1.63. The molecule has 1 saturated heterocycles. The fourth-order valence-corrected chi connectivity index (χ4v) is 5.15. The smallest absolute Gasteiger partial charge is 0.271 e. The minimum absolute atomic E-state index is 0.0918. The van der Waals surface area contributed by atoms with Crippen molar-refractivity contribution in [2.24, 2.45) is 7.05 Å². The highest BCUT2D eigenvalue weighted by atomic mass is 32.1. The van der Waals surface area contributed by atoms with E-state index in [1.54, 1.807) is 17.7 Å².